The zero-order valence-electron chi connectivity index (χ0n) is 20.3. The number of amides is 2. The van der Waals surface area contributed by atoms with Crippen LogP contribution < -0.4 is 16.0 Å². The zero-order chi connectivity index (χ0) is 26.4. The average Bonchev–Trinajstić information content (AvgIpc) is 3.17. The molecule has 0 aliphatic carbocycles. The molecular formula is C25H29ClFN5O4. The predicted octanol–water partition coefficient (Wildman–Crippen LogP) is 3.81. The number of nitrogens with zero attached hydrogens (tertiary/aromatic N) is 2. The Balaban J connectivity index is 1.77. The highest BCUT2D eigenvalue weighted by atomic mass is 35.5. The number of para-hydroxylation sites is 1. The quantitative estimate of drug-likeness (QED) is 0.306. The SMILES string of the molecule is CC(C)CC(C)NCC(=O)NCc1c(NC(=O)c2nn(CC(=O)O)c3ccccc23)ccc(Cl)c1F. The molecule has 36 heavy (non-hydrogen) atoms. The molecule has 0 saturated heterocycles. The van der Waals surface area contributed by atoms with Crippen LogP contribution in [0, 0.1) is 11.7 Å². The van der Waals surface area contributed by atoms with Gasteiger partial charge in [-0.05, 0) is 37.5 Å². The number of carbonyl (C=O) groups excluding carboxylic acids is 2. The second kappa shape index (κ2) is 12.0. The summed E-state index contributed by atoms with van der Waals surface area (Å²) in [6.45, 7) is 5.61. The number of aliphatic carboxylic acids is 1. The van der Waals surface area contributed by atoms with Crippen LogP contribution in [-0.4, -0.2) is 45.3 Å². The van der Waals surface area contributed by atoms with E-state index in [4.69, 9.17) is 16.7 Å². The van der Waals surface area contributed by atoms with E-state index in [0.29, 0.717) is 16.8 Å². The minimum atomic E-state index is -1.11. The first-order chi connectivity index (χ1) is 17.1. The summed E-state index contributed by atoms with van der Waals surface area (Å²) in [5.41, 5.74) is 0.577. The third-order valence-electron chi connectivity index (χ3n) is 5.50. The lowest BCUT2D eigenvalue weighted by molar-refractivity contribution is -0.137. The third-order valence-corrected chi connectivity index (χ3v) is 5.79. The molecule has 1 heterocycles. The Morgan fingerprint density at radius 2 is 1.86 bits per heavy atom. The highest BCUT2D eigenvalue weighted by molar-refractivity contribution is 6.31. The van der Waals surface area contributed by atoms with Gasteiger partial charge in [-0.2, -0.15) is 5.10 Å². The van der Waals surface area contributed by atoms with Gasteiger partial charge in [0.05, 0.1) is 17.1 Å². The van der Waals surface area contributed by atoms with Gasteiger partial charge in [0.25, 0.3) is 5.91 Å². The maximum atomic E-state index is 14.9. The molecule has 11 heteroatoms. The molecule has 0 radical (unpaired) electrons. The number of benzene rings is 2. The molecule has 9 nitrogen and oxygen atoms in total. The molecule has 4 N–H and O–H groups in total. The summed E-state index contributed by atoms with van der Waals surface area (Å²) < 4.78 is 16.1. The van der Waals surface area contributed by atoms with Gasteiger partial charge in [-0.25, -0.2) is 4.39 Å². The molecule has 0 fully saturated rings. The number of rotatable bonds is 11. The van der Waals surface area contributed by atoms with E-state index in [1.165, 1.54) is 16.8 Å². The lowest BCUT2D eigenvalue weighted by atomic mass is 10.1. The Kier molecular flexibility index (Phi) is 9.00. The molecule has 0 aliphatic heterocycles. The van der Waals surface area contributed by atoms with Crippen LogP contribution >= 0.6 is 11.6 Å². The first-order valence-electron chi connectivity index (χ1n) is 11.5. The van der Waals surface area contributed by atoms with Gasteiger partial charge >= 0.3 is 5.97 Å². The summed E-state index contributed by atoms with van der Waals surface area (Å²) in [6.07, 6.45) is 0.906. The molecule has 0 spiro atoms. The van der Waals surface area contributed by atoms with Crippen LogP contribution in [0.1, 0.15) is 43.2 Å². The number of carboxylic acids is 1. The van der Waals surface area contributed by atoms with Crippen molar-refractivity contribution in [1.82, 2.24) is 20.4 Å². The lowest BCUT2D eigenvalue weighted by Crippen LogP contribution is -2.38. The highest BCUT2D eigenvalue weighted by Crippen LogP contribution is 2.27. The number of hydrogen-bond donors (Lipinski definition) is 4. The molecule has 192 valence electrons. The van der Waals surface area contributed by atoms with Crippen molar-refractivity contribution in [2.45, 2.75) is 46.3 Å². The van der Waals surface area contributed by atoms with Crippen LogP contribution in [0.15, 0.2) is 36.4 Å². The maximum Gasteiger partial charge on any atom is 0.325 e. The van der Waals surface area contributed by atoms with E-state index in [-0.39, 0.29) is 47.0 Å². The molecular weight excluding hydrogens is 489 g/mol. The molecule has 3 rings (SSSR count). The number of hydrogen-bond acceptors (Lipinski definition) is 5. The topological polar surface area (TPSA) is 125 Å². The Hall–Kier alpha value is -3.50. The number of halogens is 2. The number of anilines is 1. The predicted molar refractivity (Wildman–Crippen MR) is 135 cm³/mol. The van der Waals surface area contributed by atoms with Crippen molar-refractivity contribution in [1.29, 1.82) is 0 Å². The van der Waals surface area contributed by atoms with Crippen LogP contribution in [0.3, 0.4) is 0 Å². The number of carboxylic acid groups (broad SMARTS) is 1. The molecule has 2 amide bonds. The summed E-state index contributed by atoms with van der Waals surface area (Å²) in [5, 5.41) is 22.0. The van der Waals surface area contributed by atoms with E-state index in [9.17, 15) is 18.8 Å². The number of aromatic nitrogens is 2. The molecule has 0 saturated carbocycles. The second-order valence-corrected chi connectivity index (χ2v) is 9.35. The number of nitrogens with one attached hydrogen (secondary N) is 3. The molecule has 3 aromatic rings. The standard InChI is InChI=1S/C25H29ClFN5O4/c1-14(2)10-15(3)28-12-21(33)29-11-17-19(9-8-18(26)23(17)27)30-25(36)24-16-6-4-5-7-20(16)32(31-24)13-22(34)35/h4-9,14-15,28H,10-13H2,1-3H3,(H,29,33)(H,30,36)(H,34,35). The summed E-state index contributed by atoms with van der Waals surface area (Å²) in [4.78, 5) is 36.6. The van der Waals surface area contributed by atoms with E-state index < -0.39 is 24.2 Å². The van der Waals surface area contributed by atoms with Gasteiger partial charge < -0.3 is 21.1 Å². The minimum absolute atomic E-state index is 0.00806. The Morgan fingerprint density at radius 1 is 1.14 bits per heavy atom. The van der Waals surface area contributed by atoms with E-state index in [0.717, 1.165) is 6.42 Å². The first-order valence-corrected chi connectivity index (χ1v) is 11.9. The fourth-order valence-electron chi connectivity index (χ4n) is 3.91. The minimum Gasteiger partial charge on any atom is -0.480 e. The Bertz CT molecular complexity index is 1280. The van der Waals surface area contributed by atoms with E-state index in [1.807, 2.05) is 6.92 Å². The normalized spacial score (nSPS) is 12.1. The number of fused-ring (bicyclic) bond motifs is 1. The van der Waals surface area contributed by atoms with Gasteiger partial charge in [0, 0.05) is 29.2 Å². The average molecular weight is 518 g/mol. The van der Waals surface area contributed by atoms with Gasteiger partial charge in [0.1, 0.15) is 12.4 Å². The van der Waals surface area contributed by atoms with Crippen molar-refractivity contribution in [3.8, 4) is 0 Å². The molecule has 0 bridgehead atoms. The van der Waals surface area contributed by atoms with Crippen molar-refractivity contribution in [3.63, 3.8) is 0 Å². The van der Waals surface area contributed by atoms with Crippen LogP contribution in [0.4, 0.5) is 10.1 Å². The highest BCUT2D eigenvalue weighted by Gasteiger charge is 2.21. The summed E-state index contributed by atoms with van der Waals surface area (Å²) in [6, 6.07) is 9.58. The molecule has 2 aromatic carbocycles. The van der Waals surface area contributed by atoms with Gasteiger partial charge in [-0.1, -0.05) is 43.6 Å². The summed E-state index contributed by atoms with van der Waals surface area (Å²) in [5.74, 6) is -2.39. The fraction of sp³-hybridized carbons (Fsp3) is 0.360. The van der Waals surface area contributed by atoms with Gasteiger partial charge in [-0.3, -0.25) is 19.1 Å². The molecule has 1 unspecified atom stereocenters. The van der Waals surface area contributed by atoms with Gasteiger partial charge in [0.15, 0.2) is 5.69 Å². The van der Waals surface area contributed by atoms with E-state index in [2.05, 4.69) is 34.9 Å². The number of carbonyl (C=O) groups is 3. The van der Waals surface area contributed by atoms with Crippen molar-refractivity contribution in [3.05, 3.63) is 58.5 Å². The zero-order valence-corrected chi connectivity index (χ0v) is 21.0. The van der Waals surface area contributed by atoms with Crippen LogP contribution in [0.5, 0.6) is 0 Å². The van der Waals surface area contributed by atoms with Crippen LogP contribution in [0.2, 0.25) is 5.02 Å². The Labute approximate surface area is 213 Å². The maximum absolute atomic E-state index is 14.9. The van der Waals surface area contributed by atoms with Crippen molar-refractivity contribution >= 4 is 46.0 Å². The van der Waals surface area contributed by atoms with E-state index >= 15 is 0 Å². The Morgan fingerprint density at radius 3 is 2.56 bits per heavy atom. The fourth-order valence-corrected chi connectivity index (χ4v) is 4.09. The molecule has 1 atom stereocenters. The smallest absolute Gasteiger partial charge is 0.325 e. The monoisotopic (exact) mass is 517 g/mol. The van der Waals surface area contributed by atoms with Gasteiger partial charge in [-0.15, -0.1) is 0 Å². The molecule has 0 aliphatic rings. The largest absolute Gasteiger partial charge is 0.480 e. The molecule has 1 aromatic heterocycles. The third kappa shape index (κ3) is 6.79. The van der Waals surface area contributed by atoms with E-state index in [1.54, 1.807) is 24.3 Å². The van der Waals surface area contributed by atoms with Gasteiger partial charge in [0.2, 0.25) is 5.91 Å². The van der Waals surface area contributed by atoms with Crippen LogP contribution in [-0.2, 0) is 22.7 Å². The van der Waals surface area contributed by atoms with Crippen molar-refractivity contribution in [2.24, 2.45) is 5.92 Å². The summed E-state index contributed by atoms with van der Waals surface area (Å²) >= 11 is 5.95. The second-order valence-electron chi connectivity index (χ2n) is 8.95. The lowest BCUT2D eigenvalue weighted by Gasteiger charge is -2.16. The first kappa shape index (κ1) is 27.1. The van der Waals surface area contributed by atoms with Crippen molar-refractivity contribution in [2.75, 3.05) is 11.9 Å². The summed E-state index contributed by atoms with van der Waals surface area (Å²) in [7, 11) is 0. The van der Waals surface area contributed by atoms with Crippen molar-refractivity contribution < 1.29 is 23.9 Å². The van der Waals surface area contributed by atoms with Crippen LogP contribution in [0.25, 0.3) is 10.9 Å².